The van der Waals surface area contributed by atoms with E-state index in [0.29, 0.717) is 4.91 Å². The number of aliphatic hydroxyl groups excluding tert-OH is 1. The second kappa shape index (κ2) is 6.62. The van der Waals surface area contributed by atoms with Crippen molar-refractivity contribution in [2.75, 3.05) is 7.05 Å². The van der Waals surface area contributed by atoms with E-state index in [2.05, 4.69) is 11.9 Å². The van der Waals surface area contributed by atoms with Crippen molar-refractivity contribution in [2.45, 2.75) is 11.8 Å². The summed E-state index contributed by atoms with van der Waals surface area (Å²) in [5, 5.41) is 13.1. The van der Waals surface area contributed by atoms with Gasteiger partial charge in [-0.3, -0.25) is 9.10 Å². The van der Waals surface area contributed by atoms with Gasteiger partial charge in [-0.2, -0.15) is 0 Å². The maximum Gasteiger partial charge on any atom is 0.265 e. The number of carbonyl (C=O) groups is 1. The van der Waals surface area contributed by atoms with Crippen LogP contribution in [0.2, 0.25) is 0 Å². The predicted octanol–water partition coefficient (Wildman–Crippen LogP) is 1.84. The van der Waals surface area contributed by atoms with E-state index >= 15 is 0 Å². The summed E-state index contributed by atoms with van der Waals surface area (Å²) in [6.45, 7) is 5.43. The summed E-state index contributed by atoms with van der Waals surface area (Å²) in [6.07, 6.45) is 1.36. The van der Waals surface area contributed by atoms with Gasteiger partial charge in [0.1, 0.15) is 0 Å². The van der Waals surface area contributed by atoms with Gasteiger partial charge in [-0.25, -0.2) is 8.42 Å². The molecule has 0 bridgehead atoms. The quantitative estimate of drug-likeness (QED) is 0.550. The second-order valence-electron chi connectivity index (χ2n) is 4.92. The van der Waals surface area contributed by atoms with Crippen LogP contribution in [-0.2, 0) is 10.0 Å². The predicted molar refractivity (Wildman–Crippen MR) is 93.2 cm³/mol. The van der Waals surface area contributed by atoms with E-state index < -0.39 is 21.7 Å². The monoisotopic (exact) mass is 367 g/mol. The first kappa shape index (κ1) is 18.0. The largest absolute Gasteiger partial charge is 0.493 e. The van der Waals surface area contributed by atoms with Crippen molar-refractivity contribution in [3.63, 3.8) is 0 Å². The first-order chi connectivity index (χ1) is 11.2. The Kier molecular flexibility index (Phi) is 4.95. The van der Waals surface area contributed by atoms with Gasteiger partial charge in [0.05, 0.1) is 9.92 Å². The summed E-state index contributed by atoms with van der Waals surface area (Å²) in [7, 11) is -2.72. The third-order valence-corrected chi connectivity index (χ3v) is 5.92. The third kappa shape index (κ3) is 3.13. The molecular weight excluding hydrogens is 350 g/mol. The molecule has 0 unspecified atom stereocenters. The SMILES string of the molecule is C=C(N/C(O)=C1/C(=O)c2ccccc2S(=O)(=O)N1C)S/C(C)=C\N. The Morgan fingerprint density at radius 3 is 2.67 bits per heavy atom. The van der Waals surface area contributed by atoms with Gasteiger partial charge in [0.15, 0.2) is 5.70 Å². The minimum Gasteiger partial charge on any atom is -0.493 e. The first-order valence-electron chi connectivity index (χ1n) is 6.78. The van der Waals surface area contributed by atoms with Gasteiger partial charge < -0.3 is 16.2 Å². The summed E-state index contributed by atoms with van der Waals surface area (Å²) >= 11 is 1.14. The summed E-state index contributed by atoms with van der Waals surface area (Å²) in [4.78, 5) is 13.2. The molecule has 1 heterocycles. The fraction of sp³-hybridized carbons (Fsp3) is 0.133. The van der Waals surface area contributed by atoms with Crippen molar-refractivity contribution < 1.29 is 18.3 Å². The number of Topliss-reactive ketones (excluding diaryl/α,β-unsaturated/α-hetero) is 1. The van der Waals surface area contributed by atoms with Crippen LogP contribution in [0.4, 0.5) is 0 Å². The highest BCUT2D eigenvalue weighted by molar-refractivity contribution is 8.06. The van der Waals surface area contributed by atoms with Gasteiger partial charge in [0.25, 0.3) is 10.0 Å². The molecule has 1 aliphatic heterocycles. The van der Waals surface area contributed by atoms with E-state index in [9.17, 15) is 18.3 Å². The Hall–Kier alpha value is -2.39. The molecule has 1 aromatic carbocycles. The maximum atomic E-state index is 12.6. The zero-order valence-electron chi connectivity index (χ0n) is 13.1. The van der Waals surface area contributed by atoms with Crippen LogP contribution in [0.1, 0.15) is 17.3 Å². The van der Waals surface area contributed by atoms with Gasteiger partial charge in [0, 0.05) is 23.7 Å². The average Bonchev–Trinajstić information content (AvgIpc) is 2.53. The lowest BCUT2D eigenvalue weighted by Gasteiger charge is -2.28. The summed E-state index contributed by atoms with van der Waals surface area (Å²) in [5.74, 6) is -1.19. The molecule has 4 N–H and O–H groups in total. The molecule has 2 rings (SSSR count). The number of nitrogens with one attached hydrogen (secondary N) is 1. The smallest absolute Gasteiger partial charge is 0.265 e. The number of likely N-dealkylation sites (N-methyl/N-ethyl adjacent to an activating group) is 1. The minimum absolute atomic E-state index is 0.00949. The van der Waals surface area contributed by atoms with Gasteiger partial charge in [0.2, 0.25) is 11.7 Å². The summed E-state index contributed by atoms with van der Waals surface area (Å²) in [6, 6.07) is 5.85. The molecule has 128 valence electrons. The molecule has 1 aromatic rings. The van der Waals surface area contributed by atoms with E-state index in [1.54, 1.807) is 13.0 Å². The number of thioether (sulfide) groups is 1. The Morgan fingerprint density at radius 1 is 1.42 bits per heavy atom. The zero-order chi connectivity index (χ0) is 18.1. The molecule has 0 saturated carbocycles. The molecule has 24 heavy (non-hydrogen) atoms. The van der Waals surface area contributed by atoms with Crippen LogP contribution in [0.5, 0.6) is 0 Å². The number of hydrogen-bond acceptors (Lipinski definition) is 7. The van der Waals surface area contributed by atoms with Crippen molar-refractivity contribution in [3.8, 4) is 0 Å². The number of ketones is 1. The number of carbonyl (C=O) groups excluding carboxylic acids is 1. The van der Waals surface area contributed by atoms with Crippen molar-refractivity contribution in [1.29, 1.82) is 0 Å². The van der Waals surface area contributed by atoms with Crippen LogP contribution in [0, 0.1) is 0 Å². The molecule has 0 radical (unpaired) electrons. The van der Waals surface area contributed by atoms with Crippen LogP contribution < -0.4 is 11.1 Å². The molecule has 0 aliphatic carbocycles. The van der Waals surface area contributed by atoms with Crippen molar-refractivity contribution in [1.82, 2.24) is 9.62 Å². The zero-order valence-corrected chi connectivity index (χ0v) is 14.7. The Morgan fingerprint density at radius 2 is 2.04 bits per heavy atom. The highest BCUT2D eigenvalue weighted by Crippen LogP contribution is 2.32. The normalized spacial score (nSPS) is 18.8. The number of allylic oxidation sites excluding steroid dienone is 2. The van der Waals surface area contributed by atoms with E-state index in [1.165, 1.54) is 31.4 Å². The number of aliphatic hydroxyl groups is 1. The standard InChI is InChI=1S/C15H17N3O4S2/c1-9(8-16)23-10(2)17-15(20)13-14(19)11-6-4-5-7-12(11)24(21,22)18(13)3/h4-8,17,20H,2,16H2,1,3H3/b9-8-,15-13+. The molecule has 0 fully saturated rings. The number of hydrogen-bond donors (Lipinski definition) is 3. The molecule has 0 saturated heterocycles. The molecule has 0 spiro atoms. The lowest BCUT2D eigenvalue weighted by Crippen LogP contribution is -2.38. The van der Waals surface area contributed by atoms with Crippen LogP contribution >= 0.6 is 11.8 Å². The third-order valence-electron chi connectivity index (χ3n) is 3.30. The van der Waals surface area contributed by atoms with Gasteiger partial charge >= 0.3 is 0 Å². The van der Waals surface area contributed by atoms with E-state index in [0.717, 1.165) is 16.1 Å². The lowest BCUT2D eigenvalue weighted by molar-refractivity contribution is 0.0995. The van der Waals surface area contributed by atoms with Crippen molar-refractivity contribution >= 4 is 27.6 Å². The number of fused-ring (bicyclic) bond motifs is 1. The van der Waals surface area contributed by atoms with Crippen molar-refractivity contribution in [2.24, 2.45) is 5.73 Å². The number of nitrogens with two attached hydrogens (primary N) is 1. The van der Waals surface area contributed by atoms with E-state index in [-0.39, 0.29) is 21.2 Å². The molecule has 1 aliphatic rings. The van der Waals surface area contributed by atoms with Gasteiger partial charge in [-0.05, 0) is 19.1 Å². The average molecular weight is 367 g/mol. The molecule has 9 heteroatoms. The number of sulfonamides is 1. The molecule has 0 aromatic heterocycles. The minimum atomic E-state index is -3.92. The Bertz CT molecular complexity index is 872. The number of benzene rings is 1. The van der Waals surface area contributed by atoms with Crippen LogP contribution in [0.3, 0.4) is 0 Å². The molecule has 7 nitrogen and oxygen atoms in total. The molecule has 0 amide bonds. The van der Waals surface area contributed by atoms with E-state index in [4.69, 9.17) is 5.73 Å². The van der Waals surface area contributed by atoms with Crippen molar-refractivity contribution in [3.05, 3.63) is 64.1 Å². The van der Waals surface area contributed by atoms with Gasteiger partial charge in [-0.15, -0.1) is 0 Å². The highest BCUT2D eigenvalue weighted by atomic mass is 32.2. The molecular formula is C15H17N3O4S2. The van der Waals surface area contributed by atoms with Crippen LogP contribution in [-0.4, -0.2) is 30.7 Å². The second-order valence-corrected chi connectivity index (χ2v) is 8.20. The Labute approximate surface area is 144 Å². The van der Waals surface area contributed by atoms with Crippen LogP contribution in [0.15, 0.2) is 63.5 Å². The topological polar surface area (TPSA) is 113 Å². The molecule has 0 atom stereocenters. The first-order valence-corrected chi connectivity index (χ1v) is 9.04. The van der Waals surface area contributed by atoms with E-state index in [1.807, 2.05) is 0 Å². The number of nitrogens with zero attached hydrogens (tertiary/aromatic N) is 1. The number of rotatable bonds is 4. The highest BCUT2D eigenvalue weighted by Gasteiger charge is 2.39. The fourth-order valence-electron chi connectivity index (χ4n) is 2.12. The van der Waals surface area contributed by atoms with Gasteiger partial charge in [-0.1, -0.05) is 30.5 Å². The maximum absolute atomic E-state index is 12.6. The summed E-state index contributed by atoms with van der Waals surface area (Å²) in [5.41, 5.74) is 5.00. The van der Waals surface area contributed by atoms with Crippen LogP contribution in [0.25, 0.3) is 0 Å². The lowest BCUT2D eigenvalue weighted by atomic mass is 10.1. The fourth-order valence-corrected chi connectivity index (χ4v) is 4.12. The summed E-state index contributed by atoms with van der Waals surface area (Å²) < 4.78 is 25.8. The Balaban J connectivity index is 2.47.